The molecule has 0 bridgehead atoms. The Labute approximate surface area is 90.9 Å². The first-order chi connectivity index (χ1) is 7.22. The average Bonchev–Trinajstić information content (AvgIpc) is 2.24. The van der Waals surface area contributed by atoms with Crippen LogP contribution in [0.25, 0.3) is 0 Å². The van der Waals surface area contributed by atoms with Crippen LogP contribution in [0.4, 0.5) is 0 Å². The van der Waals surface area contributed by atoms with Gasteiger partial charge in [0.1, 0.15) is 5.75 Å². The topological polar surface area (TPSA) is 29.5 Å². The van der Waals surface area contributed by atoms with Gasteiger partial charge in [-0.3, -0.25) is 0 Å². The Balaban J connectivity index is 1.92. The van der Waals surface area contributed by atoms with Crippen LogP contribution < -0.4 is 4.74 Å². The molecule has 2 nitrogen and oxygen atoms in total. The van der Waals surface area contributed by atoms with E-state index in [0.29, 0.717) is 0 Å². The average molecular weight is 206 g/mol. The van der Waals surface area contributed by atoms with Gasteiger partial charge in [-0.2, -0.15) is 0 Å². The molecule has 0 saturated heterocycles. The van der Waals surface area contributed by atoms with Gasteiger partial charge in [0, 0.05) is 0 Å². The number of methoxy groups -OCH3 is 1. The Hall–Kier alpha value is -1.02. The zero-order valence-electron chi connectivity index (χ0n) is 9.20. The summed E-state index contributed by atoms with van der Waals surface area (Å²) in [6, 6.07) is 8.08. The van der Waals surface area contributed by atoms with Crippen LogP contribution in [-0.2, 0) is 6.42 Å². The molecule has 1 aromatic rings. The molecule has 2 rings (SSSR count). The molecular formula is C13H18O2. The highest BCUT2D eigenvalue weighted by molar-refractivity contribution is 5.28. The number of rotatable bonds is 4. The summed E-state index contributed by atoms with van der Waals surface area (Å²) in [6.07, 6.45) is 4.93. The number of aryl methyl sites for hydroxylation is 1. The second-order valence-electron chi connectivity index (χ2n) is 4.43. The molecule has 0 unspecified atom stereocenters. The third-order valence-corrected chi connectivity index (χ3v) is 3.30. The minimum Gasteiger partial charge on any atom is -0.497 e. The van der Waals surface area contributed by atoms with Gasteiger partial charge in [-0.15, -0.1) is 0 Å². The summed E-state index contributed by atoms with van der Waals surface area (Å²) >= 11 is 0. The van der Waals surface area contributed by atoms with Gasteiger partial charge in [-0.1, -0.05) is 12.1 Å². The van der Waals surface area contributed by atoms with E-state index in [9.17, 15) is 5.11 Å². The zero-order valence-corrected chi connectivity index (χ0v) is 9.20. The highest BCUT2D eigenvalue weighted by Crippen LogP contribution is 2.35. The highest BCUT2D eigenvalue weighted by atomic mass is 16.5. The molecule has 1 N–H and O–H groups in total. The van der Waals surface area contributed by atoms with Crippen molar-refractivity contribution in [3.63, 3.8) is 0 Å². The van der Waals surface area contributed by atoms with Crippen molar-refractivity contribution < 1.29 is 9.84 Å². The lowest BCUT2D eigenvalue weighted by Gasteiger charge is -2.36. The summed E-state index contributed by atoms with van der Waals surface area (Å²) in [4.78, 5) is 0. The smallest absolute Gasteiger partial charge is 0.119 e. The standard InChI is InChI=1S/C13H18O2/c1-15-12-5-2-4-11(10-12)6-9-13(14)7-3-8-13/h2,4-5,10,14H,3,6-9H2,1H3. The first-order valence-corrected chi connectivity index (χ1v) is 5.57. The fourth-order valence-electron chi connectivity index (χ4n) is 2.04. The Bertz CT molecular complexity index is 329. The van der Waals surface area contributed by atoms with Crippen molar-refractivity contribution in [2.45, 2.75) is 37.7 Å². The fraction of sp³-hybridized carbons (Fsp3) is 0.538. The molecule has 1 aliphatic rings. The third-order valence-electron chi connectivity index (χ3n) is 3.30. The number of ether oxygens (including phenoxy) is 1. The van der Waals surface area contributed by atoms with Crippen LogP contribution in [0, 0.1) is 0 Å². The molecule has 82 valence electrons. The third kappa shape index (κ3) is 2.51. The van der Waals surface area contributed by atoms with E-state index in [2.05, 4.69) is 6.07 Å². The molecule has 0 aromatic heterocycles. The highest BCUT2D eigenvalue weighted by Gasteiger charge is 2.33. The van der Waals surface area contributed by atoms with Gasteiger partial charge in [0.25, 0.3) is 0 Å². The molecule has 1 aliphatic carbocycles. The van der Waals surface area contributed by atoms with E-state index in [1.165, 1.54) is 12.0 Å². The first-order valence-electron chi connectivity index (χ1n) is 5.57. The Morgan fingerprint density at radius 3 is 2.80 bits per heavy atom. The summed E-state index contributed by atoms with van der Waals surface area (Å²) in [5.41, 5.74) is 0.873. The van der Waals surface area contributed by atoms with E-state index in [-0.39, 0.29) is 5.60 Å². The van der Waals surface area contributed by atoms with E-state index in [1.807, 2.05) is 18.2 Å². The van der Waals surface area contributed by atoms with E-state index < -0.39 is 0 Å². The van der Waals surface area contributed by atoms with Crippen LogP contribution in [0.1, 0.15) is 31.2 Å². The van der Waals surface area contributed by atoms with Crippen LogP contribution >= 0.6 is 0 Å². The maximum absolute atomic E-state index is 9.97. The second kappa shape index (κ2) is 4.23. The van der Waals surface area contributed by atoms with Gasteiger partial charge in [-0.05, 0) is 49.8 Å². The molecule has 2 heteroatoms. The lowest BCUT2D eigenvalue weighted by molar-refractivity contribution is -0.0397. The molecule has 0 radical (unpaired) electrons. The maximum Gasteiger partial charge on any atom is 0.119 e. The summed E-state index contributed by atoms with van der Waals surface area (Å²) in [7, 11) is 1.68. The molecule has 1 saturated carbocycles. The number of hydrogen-bond acceptors (Lipinski definition) is 2. The van der Waals surface area contributed by atoms with E-state index in [1.54, 1.807) is 7.11 Å². The van der Waals surface area contributed by atoms with Crippen molar-refractivity contribution in [2.24, 2.45) is 0 Å². The monoisotopic (exact) mass is 206 g/mol. The molecule has 0 heterocycles. The zero-order chi connectivity index (χ0) is 10.7. The van der Waals surface area contributed by atoms with Crippen molar-refractivity contribution >= 4 is 0 Å². The van der Waals surface area contributed by atoms with Gasteiger partial charge in [0.15, 0.2) is 0 Å². The first kappa shape index (κ1) is 10.5. The van der Waals surface area contributed by atoms with Gasteiger partial charge in [-0.25, -0.2) is 0 Å². The number of aliphatic hydroxyl groups is 1. The van der Waals surface area contributed by atoms with Crippen molar-refractivity contribution in [3.05, 3.63) is 29.8 Å². The normalized spacial score (nSPS) is 18.3. The van der Waals surface area contributed by atoms with Gasteiger partial charge < -0.3 is 9.84 Å². The lowest BCUT2D eigenvalue weighted by Crippen LogP contribution is -2.36. The molecule has 1 aromatic carbocycles. The van der Waals surface area contributed by atoms with Gasteiger partial charge >= 0.3 is 0 Å². The predicted molar refractivity (Wildman–Crippen MR) is 60.1 cm³/mol. The van der Waals surface area contributed by atoms with Crippen LogP contribution in [0.5, 0.6) is 5.75 Å². The Morgan fingerprint density at radius 2 is 2.20 bits per heavy atom. The van der Waals surface area contributed by atoms with E-state index in [4.69, 9.17) is 4.74 Å². The minimum absolute atomic E-state index is 0.372. The second-order valence-corrected chi connectivity index (χ2v) is 4.43. The predicted octanol–water partition coefficient (Wildman–Crippen LogP) is 2.54. The molecule has 0 aliphatic heterocycles. The Kier molecular flexibility index (Phi) is 2.96. The summed E-state index contributed by atoms with van der Waals surface area (Å²) in [5.74, 6) is 0.896. The van der Waals surface area contributed by atoms with Crippen LogP contribution in [0.2, 0.25) is 0 Å². The van der Waals surface area contributed by atoms with Crippen LogP contribution in [0.3, 0.4) is 0 Å². The quantitative estimate of drug-likeness (QED) is 0.820. The lowest BCUT2D eigenvalue weighted by atomic mass is 9.76. The molecule has 0 spiro atoms. The van der Waals surface area contributed by atoms with Crippen molar-refractivity contribution in [1.82, 2.24) is 0 Å². The van der Waals surface area contributed by atoms with Crippen molar-refractivity contribution in [2.75, 3.05) is 7.11 Å². The number of benzene rings is 1. The molecule has 0 atom stereocenters. The van der Waals surface area contributed by atoms with Crippen molar-refractivity contribution in [1.29, 1.82) is 0 Å². The molecular weight excluding hydrogens is 188 g/mol. The molecule has 1 fully saturated rings. The number of hydrogen-bond donors (Lipinski definition) is 1. The minimum atomic E-state index is -0.372. The fourth-order valence-corrected chi connectivity index (χ4v) is 2.04. The van der Waals surface area contributed by atoms with E-state index >= 15 is 0 Å². The van der Waals surface area contributed by atoms with Crippen molar-refractivity contribution in [3.8, 4) is 5.75 Å². The van der Waals surface area contributed by atoms with Crippen LogP contribution in [0.15, 0.2) is 24.3 Å². The SMILES string of the molecule is COc1cccc(CCC2(O)CCC2)c1. The molecule has 15 heavy (non-hydrogen) atoms. The van der Waals surface area contributed by atoms with Gasteiger partial charge in [0.05, 0.1) is 12.7 Å². The summed E-state index contributed by atoms with van der Waals surface area (Å²) in [5, 5.41) is 9.97. The summed E-state index contributed by atoms with van der Waals surface area (Å²) < 4.78 is 5.16. The van der Waals surface area contributed by atoms with Crippen LogP contribution in [-0.4, -0.2) is 17.8 Å². The molecule has 0 amide bonds. The maximum atomic E-state index is 9.97. The van der Waals surface area contributed by atoms with E-state index in [0.717, 1.165) is 31.4 Å². The van der Waals surface area contributed by atoms with Gasteiger partial charge in [0.2, 0.25) is 0 Å². The Morgan fingerprint density at radius 1 is 1.40 bits per heavy atom. The largest absolute Gasteiger partial charge is 0.497 e. The summed E-state index contributed by atoms with van der Waals surface area (Å²) in [6.45, 7) is 0.